The number of alkyl halides is 3. The van der Waals surface area contributed by atoms with E-state index in [1.54, 1.807) is 19.1 Å². The number of nitrogen functional groups attached to an aromatic ring is 1. The smallest absolute Gasteiger partial charge is 0.416 e. The minimum Gasteiger partial charge on any atom is -0.462 e. The Hall–Kier alpha value is -2.74. The standard InChI is InChI=1S/C18H15F3N2O2S/c1-2-25-17(24)15-11-5-3-4-6-14(11)26-16(15)23-13-8-7-10(9-12(13)22)18(19,20)21/h3-9,23H,2,22H2,1H3. The van der Waals surface area contributed by atoms with Crippen molar-refractivity contribution >= 4 is 43.8 Å². The van der Waals surface area contributed by atoms with Crippen molar-refractivity contribution in [3.8, 4) is 0 Å². The van der Waals surface area contributed by atoms with Crippen molar-refractivity contribution in [2.75, 3.05) is 17.7 Å². The molecule has 0 fully saturated rings. The van der Waals surface area contributed by atoms with Crippen LogP contribution in [-0.2, 0) is 10.9 Å². The van der Waals surface area contributed by atoms with Gasteiger partial charge in [-0.25, -0.2) is 4.79 Å². The highest BCUT2D eigenvalue weighted by atomic mass is 32.1. The molecule has 0 aliphatic carbocycles. The number of rotatable bonds is 4. The van der Waals surface area contributed by atoms with Gasteiger partial charge in [-0.3, -0.25) is 0 Å². The molecule has 0 aliphatic heterocycles. The van der Waals surface area contributed by atoms with Crippen LogP contribution in [0.4, 0.5) is 29.5 Å². The lowest BCUT2D eigenvalue weighted by molar-refractivity contribution is -0.137. The summed E-state index contributed by atoms with van der Waals surface area (Å²) < 4.78 is 44.3. The monoisotopic (exact) mass is 380 g/mol. The van der Waals surface area contributed by atoms with E-state index in [0.717, 1.165) is 16.8 Å². The number of halogens is 3. The van der Waals surface area contributed by atoms with Crippen LogP contribution in [0, 0.1) is 0 Å². The molecule has 4 nitrogen and oxygen atoms in total. The Labute approximate surface area is 151 Å². The summed E-state index contributed by atoms with van der Waals surface area (Å²) in [6.45, 7) is 1.91. The van der Waals surface area contributed by atoms with Gasteiger partial charge in [-0.1, -0.05) is 18.2 Å². The molecule has 2 aromatic carbocycles. The van der Waals surface area contributed by atoms with Crippen molar-refractivity contribution < 1.29 is 22.7 Å². The van der Waals surface area contributed by atoms with Gasteiger partial charge in [-0.15, -0.1) is 11.3 Å². The van der Waals surface area contributed by atoms with Crippen LogP contribution in [0.15, 0.2) is 42.5 Å². The molecule has 3 rings (SSSR count). The van der Waals surface area contributed by atoms with Crippen LogP contribution in [0.25, 0.3) is 10.1 Å². The summed E-state index contributed by atoms with van der Waals surface area (Å²) in [6, 6.07) is 10.3. The van der Waals surface area contributed by atoms with Crippen LogP contribution >= 0.6 is 11.3 Å². The van der Waals surface area contributed by atoms with E-state index in [2.05, 4.69) is 5.32 Å². The summed E-state index contributed by atoms with van der Waals surface area (Å²) in [6.07, 6.45) is -4.47. The Morgan fingerprint density at radius 1 is 1.23 bits per heavy atom. The minimum absolute atomic E-state index is 0.0629. The van der Waals surface area contributed by atoms with Gasteiger partial charge in [0, 0.05) is 10.1 Å². The van der Waals surface area contributed by atoms with Gasteiger partial charge in [0.15, 0.2) is 0 Å². The van der Waals surface area contributed by atoms with Crippen molar-refractivity contribution in [2.24, 2.45) is 0 Å². The fourth-order valence-corrected chi connectivity index (χ4v) is 3.62. The van der Waals surface area contributed by atoms with Crippen LogP contribution in [0.3, 0.4) is 0 Å². The van der Waals surface area contributed by atoms with Gasteiger partial charge in [0.1, 0.15) is 10.6 Å². The topological polar surface area (TPSA) is 64.3 Å². The quantitative estimate of drug-likeness (QED) is 0.468. The van der Waals surface area contributed by atoms with Crippen molar-refractivity contribution in [2.45, 2.75) is 13.1 Å². The first-order valence-electron chi connectivity index (χ1n) is 7.73. The molecule has 0 atom stereocenters. The number of hydrogen-bond acceptors (Lipinski definition) is 5. The first-order chi connectivity index (χ1) is 12.3. The largest absolute Gasteiger partial charge is 0.462 e. The number of thiophene rings is 1. The summed E-state index contributed by atoms with van der Waals surface area (Å²) in [5, 5.41) is 4.15. The number of hydrogen-bond donors (Lipinski definition) is 2. The Bertz CT molecular complexity index is 967. The first-order valence-corrected chi connectivity index (χ1v) is 8.55. The highest BCUT2D eigenvalue weighted by Gasteiger charge is 2.31. The number of benzene rings is 2. The van der Waals surface area contributed by atoms with E-state index >= 15 is 0 Å². The molecule has 0 amide bonds. The zero-order valence-electron chi connectivity index (χ0n) is 13.7. The van der Waals surface area contributed by atoms with E-state index in [1.165, 1.54) is 17.4 Å². The van der Waals surface area contributed by atoms with Crippen molar-refractivity contribution in [1.82, 2.24) is 0 Å². The van der Waals surface area contributed by atoms with E-state index in [-0.39, 0.29) is 18.0 Å². The molecule has 0 bridgehead atoms. The molecule has 1 heterocycles. The van der Waals surface area contributed by atoms with Crippen molar-refractivity contribution in [3.05, 3.63) is 53.6 Å². The average Bonchev–Trinajstić information content (AvgIpc) is 2.94. The third-order valence-corrected chi connectivity index (χ3v) is 4.79. The molecule has 3 aromatic rings. The van der Waals surface area contributed by atoms with Gasteiger partial charge in [-0.05, 0) is 31.2 Å². The summed E-state index contributed by atoms with van der Waals surface area (Å²) in [5.74, 6) is -0.502. The highest BCUT2D eigenvalue weighted by Crippen LogP contribution is 2.40. The van der Waals surface area contributed by atoms with E-state index in [1.807, 2.05) is 12.1 Å². The minimum atomic E-state index is -4.47. The summed E-state index contributed by atoms with van der Waals surface area (Å²) in [5.41, 5.74) is 5.50. The molecule has 8 heteroatoms. The molecule has 26 heavy (non-hydrogen) atoms. The van der Waals surface area contributed by atoms with E-state index in [0.29, 0.717) is 16.0 Å². The zero-order valence-corrected chi connectivity index (χ0v) is 14.5. The van der Waals surface area contributed by atoms with Crippen LogP contribution in [-0.4, -0.2) is 12.6 Å². The number of esters is 1. The number of nitrogens with two attached hydrogens (primary N) is 1. The van der Waals surface area contributed by atoms with E-state index < -0.39 is 17.7 Å². The van der Waals surface area contributed by atoms with Gasteiger partial charge in [0.25, 0.3) is 0 Å². The van der Waals surface area contributed by atoms with Gasteiger partial charge in [0.05, 0.1) is 23.5 Å². The highest BCUT2D eigenvalue weighted by molar-refractivity contribution is 7.23. The Balaban J connectivity index is 2.04. The Morgan fingerprint density at radius 2 is 1.96 bits per heavy atom. The number of anilines is 3. The molecule has 0 radical (unpaired) electrons. The maximum absolute atomic E-state index is 12.8. The van der Waals surface area contributed by atoms with Crippen LogP contribution in [0.5, 0.6) is 0 Å². The maximum atomic E-state index is 12.8. The van der Waals surface area contributed by atoms with Crippen LogP contribution in [0.2, 0.25) is 0 Å². The van der Waals surface area contributed by atoms with Gasteiger partial charge in [-0.2, -0.15) is 13.2 Å². The van der Waals surface area contributed by atoms with Gasteiger partial charge < -0.3 is 15.8 Å². The number of carbonyl (C=O) groups excluding carboxylic acids is 1. The molecular weight excluding hydrogens is 365 g/mol. The van der Waals surface area contributed by atoms with Crippen molar-refractivity contribution in [1.29, 1.82) is 0 Å². The molecule has 0 unspecified atom stereocenters. The zero-order chi connectivity index (χ0) is 18.9. The van der Waals surface area contributed by atoms with Crippen LogP contribution in [0.1, 0.15) is 22.8 Å². The molecule has 0 saturated heterocycles. The predicted octanol–water partition coefficient (Wildman–Crippen LogP) is 5.42. The lowest BCUT2D eigenvalue weighted by Gasteiger charge is -2.12. The second-order valence-corrected chi connectivity index (χ2v) is 6.50. The number of fused-ring (bicyclic) bond motifs is 1. The molecular formula is C18H15F3N2O2S. The van der Waals surface area contributed by atoms with E-state index in [4.69, 9.17) is 10.5 Å². The normalized spacial score (nSPS) is 11.5. The van der Waals surface area contributed by atoms with Crippen molar-refractivity contribution in [3.63, 3.8) is 0 Å². The summed E-state index contributed by atoms with van der Waals surface area (Å²) in [4.78, 5) is 12.4. The van der Waals surface area contributed by atoms with Gasteiger partial charge in [0.2, 0.25) is 0 Å². The number of carbonyl (C=O) groups is 1. The molecule has 0 aliphatic rings. The predicted molar refractivity (Wildman–Crippen MR) is 96.9 cm³/mol. The molecule has 0 saturated carbocycles. The second-order valence-electron chi connectivity index (χ2n) is 5.45. The maximum Gasteiger partial charge on any atom is 0.416 e. The molecule has 1 aromatic heterocycles. The number of ether oxygens (including phenoxy) is 1. The third-order valence-electron chi connectivity index (χ3n) is 3.70. The molecule has 0 spiro atoms. The SMILES string of the molecule is CCOC(=O)c1c(Nc2ccc(C(F)(F)F)cc2N)sc2ccccc12. The molecule has 136 valence electrons. The summed E-state index contributed by atoms with van der Waals surface area (Å²) in [7, 11) is 0. The Morgan fingerprint density at radius 3 is 2.62 bits per heavy atom. The molecule has 3 N–H and O–H groups in total. The van der Waals surface area contributed by atoms with Crippen LogP contribution < -0.4 is 11.1 Å². The Kier molecular flexibility index (Phi) is 4.78. The summed E-state index contributed by atoms with van der Waals surface area (Å²) >= 11 is 1.30. The average molecular weight is 380 g/mol. The van der Waals surface area contributed by atoms with Gasteiger partial charge >= 0.3 is 12.1 Å². The fourth-order valence-electron chi connectivity index (χ4n) is 2.51. The first kappa shape index (κ1) is 18.1. The fraction of sp³-hybridized carbons (Fsp3) is 0.167. The third kappa shape index (κ3) is 3.45. The number of nitrogens with one attached hydrogen (secondary N) is 1. The lowest BCUT2D eigenvalue weighted by atomic mass is 10.1. The lowest BCUT2D eigenvalue weighted by Crippen LogP contribution is -2.08. The van der Waals surface area contributed by atoms with E-state index in [9.17, 15) is 18.0 Å². The second kappa shape index (κ2) is 6.87.